The Kier molecular flexibility index (Phi) is 21.9. The van der Waals surface area contributed by atoms with E-state index in [0.29, 0.717) is 55.6 Å². The summed E-state index contributed by atoms with van der Waals surface area (Å²) in [6, 6.07) is 11.7. The molecular weight excluding hydrogens is 950 g/mol. The third-order valence-electron chi connectivity index (χ3n) is 12.1. The van der Waals surface area contributed by atoms with Gasteiger partial charge in [-0.3, -0.25) is 33.2 Å². The van der Waals surface area contributed by atoms with E-state index in [1.165, 1.54) is 49.1 Å². The summed E-state index contributed by atoms with van der Waals surface area (Å²) in [5.41, 5.74) is 2.17. The highest BCUT2D eigenvalue weighted by Crippen LogP contribution is 2.67. The number of rotatable bonds is 16. The van der Waals surface area contributed by atoms with Gasteiger partial charge in [0.15, 0.2) is 5.12 Å². The van der Waals surface area contributed by atoms with Crippen molar-refractivity contribution in [2.24, 2.45) is 5.73 Å². The van der Waals surface area contributed by atoms with Crippen LogP contribution in [0.3, 0.4) is 0 Å². The van der Waals surface area contributed by atoms with Crippen LogP contribution in [0.2, 0.25) is 0 Å². The number of hydrogen-bond acceptors (Lipinski definition) is 14. The number of amides is 2. The predicted octanol–water partition coefficient (Wildman–Crippen LogP) is 8.27. The van der Waals surface area contributed by atoms with Gasteiger partial charge >= 0.3 is 19.4 Å². The summed E-state index contributed by atoms with van der Waals surface area (Å²) >= 11 is 0.855. The van der Waals surface area contributed by atoms with Gasteiger partial charge in [0.2, 0.25) is 24.2 Å². The Labute approximate surface area is 403 Å². The van der Waals surface area contributed by atoms with Gasteiger partial charge in [0.05, 0.1) is 19.3 Å². The molecule has 3 aromatic rings. The van der Waals surface area contributed by atoms with Crippen LogP contribution in [0, 0.1) is 0 Å². The largest absolute Gasteiger partial charge is 0.510 e. The van der Waals surface area contributed by atoms with Crippen molar-refractivity contribution < 1.29 is 64.6 Å². The summed E-state index contributed by atoms with van der Waals surface area (Å²) < 4.78 is 88.3. The van der Waals surface area contributed by atoms with Crippen LogP contribution < -0.4 is 11.3 Å². The molecule has 4 heterocycles. The lowest BCUT2D eigenvalue weighted by atomic mass is 9.96. The van der Waals surface area contributed by atoms with Gasteiger partial charge in [-0.05, 0) is 119 Å². The average Bonchev–Trinajstić information content (AvgIpc) is 3.82. The number of H-pyrrole nitrogens is 1. The van der Waals surface area contributed by atoms with E-state index < -0.39 is 56.8 Å². The van der Waals surface area contributed by atoms with Crippen molar-refractivity contribution in [3.63, 3.8) is 0 Å². The fraction of sp³-hybridized carbons (Fsp3) is 0.574. The third kappa shape index (κ3) is 16.5. The SMILES string of the molecule is C=O.CCCC(=O)SCCOP(=O)(OCOC(=O)OC(C)C)C(F)(F)c1ccc2ccc(C(N)=O)cc2c1.CN1CC(c2cc[nH]c(=O)c2)CC12CC2.O=C1CCCN(CC(F)F)C[C@H]2CCCN12. The average molecular weight is 1010 g/mol. The summed E-state index contributed by atoms with van der Waals surface area (Å²) in [5, 5.41) is 0.609. The summed E-state index contributed by atoms with van der Waals surface area (Å²) in [7, 11) is -3.09. The van der Waals surface area contributed by atoms with E-state index in [1.54, 1.807) is 31.0 Å². The van der Waals surface area contributed by atoms with E-state index >= 15 is 8.78 Å². The number of alkyl halides is 4. The maximum Gasteiger partial charge on any atom is 0.510 e. The zero-order valence-corrected chi connectivity index (χ0v) is 41.2. The lowest BCUT2D eigenvalue weighted by Gasteiger charge is -2.33. The van der Waals surface area contributed by atoms with Gasteiger partial charge in [0.25, 0.3) is 6.43 Å². The molecule has 3 saturated heterocycles. The topological polar surface area (TPSA) is 208 Å². The van der Waals surface area contributed by atoms with Crippen LogP contribution in [-0.2, 0) is 43.1 Å². The molecular formula is C47H64F4N5O11PS. The summed E-state index contributed by atoms with van der Waals surface area (Å²) in [4.78, 5) is 74.5. The monoisotopic (exact) mass is 1010 g/mol. The molecule has 0 bridgehead atoms. The van der Waals surface area contributed by atoms with E-state index in [1.807, 2.05) is 24.7 Å². The Morgan fingerprint density at radius 2 is 1.72 bits per heavy atom. The fourth-order valence-corrected chi connectivity index (χ4v) is 10.7. The molecule has 1 aliphatic carbocycles. The van der Waals surface area contributed by atoms with Crippen molar-refractivity contribution in [3.05, 3.63) is 81.8 Å². The molecule has 2 amide bonds. The molecule has 3 N–H and O–H groups in total. The predicted molar refractivity (Wildman–Crippen MR) is 253 cm³/mol. The van der Waals surface area contributed by atoms with Crippen molar-refractivity contribution in [1.29, 1.82) is 0 Å². The number of primary amides is 1. The van der Waals surface area contributed by atoms with Gasteiger partial charge in [-0.15, -0.1) is 0 Å². The van der Waals surface area contributed by atoms with E-state index in [2.05, 4.69) is 21.7 Å². The van der Waals surface area contributed by atoms with Gasteiger partial charge in [0, 0.05) is 73.2 Å². The Balaban J connectivity index is 0.000000255. The van der Waals surface area contributed by atoms with Crippen LogP contribution in [0.1, 0.15) is 106 Å². The number of nitrogens with two attached hydrogens (primary N) is 1. The number of likely N-dealkylation sites (N-methyl/N-ethyl adjacent to an activating group) is 1. The number of carbonyl (C=O) groups is 5. The lowest BCUT2D eigenvalue weighted by Crippen LogP contribution is -2.47. The Hall–Kier alpha value is -4.66. The minimum absolute atomic E-state index is 0.0203. The number of halogens is 4. The molecule has 4 aliphatic rings. The number of ether oxygens (including phenoxy) is 2. The van der Waals surface area contributed by atoms with E-state index in [4.69, 9.17) is 24.3 Å². The molecule has 1 spiro atoms. The molecule has 3 atom stereocenters. The second kappa shape index (κ2) is 26.5. The number of aromatic amines is 1. The number of likely N-dealkylation sites (tertiary alicyclic amines) is 1. The van der Waals surface area contributed by atoms with Crippen molar-refractivity contribution in [1.82, 2.24) is 19.7 Å². The van der Waals surface area contributed by atoms with Gasteiger partial charge in [-0.2, -0.15) is 8.78 Å². The molecule has 1 aromatic heterocycles. The van der Waals surface area contributed by atoms with Gasteiger partial charge in [-0.25, -0.2) is 13.6 Å². The van der Waals surface area contributed by atoms with Crippen LogP contribution in [0.4, 0.5) is 22.4 Å². The van der Waals surface area contributed by atoms with Gasteiger partial charge < -0.3 is 39.3 Å². The highest BCUT2D eigenvalue weighted by Gasteiger charge is 2.56. The molecule has 382 valence electrons. The fourth-order valence-electron chi connectivity index (χ4n) is 8.48. The molecule has 2 aromatic carbocycles. The van der Waals surface area contributed by atoms with Crippen LogP contribution in [-0.4, -0.2) is 133 Å². The first-order valence-corrected chi connectivity index (χ1v) is 25.4. The minimum atomic E-state index is -5.30. The first kappa shape index (κ1) is 56.9. The van der Waals surface area contributed by atoms with E-state index in [0.717, 1.165) is 49.8 Å². The number of fused-ring (bicyclic) bond motifs is 2. The Morgan fingerprint density at radius 1 is 1.00 bits per heavy atom. The van der Waals surface area contributed by atoms with Crippen LogP contribution in [0.25, 0.3) is 10.8 Å². The van der Waals surface area contributed by atoms with Crippen molar-refractivity contribution in [3.8, 4) is 0 Å². The molecule has 22 heteroatoms. The number of benzene rings is 2. The molecule has 4 fully saturated rings. The lowest BCUT2D eigenvalue weighted by molar-refractivity contribution is -0.133. The number of hydrogen-bond donors (Lipinski definition) is 2. The zero-order valence-electron chi connectivity index (χ0n) is 39.5. The molecule has 0 radical (unpaired) electrons. The second-order valence-corrected chi connectivity index (χ2v) is 20.6. The summed E-state index contributed by atoms with van der Waals surface area (Å²) in [6.45, 7) is 8.29. The first-order valence-electron chi connectivity index (χ1n) is 22.8. The summed E-state index contributed by atoms with van der Waals surface area (Å²) in [6.07, 6.45) is 5.75. The van der Waals surface area contributed by atoms with Crippen molar-refractivity contribution in [2.75, 3.05) is 58.9 Å². The number of aromatic nitrogens is 1. The molecule has 2 unspecified atom stereocenters. The van der Waals surface area contributed by atoms with Crippen LogP contribution in [0.15, 0.2) is 59.5 Å². The number of carbonyl (C=O) groups excluding carboxylic acids is 5. The normalized spacial score (nSPS) is 19.7. The zero-order chi connectivity index (χ0) is 50.9. The first-order chi connectivity index (χ1) is 32.8. The third-order valence-corrected chi connectivity index (χ3v) is 14.9. The molecule has 69 heavy (non-hydrogen) atoms. The Bertz CT molecular complexity index is 2310. The quantitative estimate of drug-likeness (QED) is 0.0455. The number of nitrogens with zero attached hydrogens (tertiary/aromatic N) is 3. The second-order valence-electron chi connectivity index (χ2n) is 17.4. The standard InChI is InChI=1S/C23H28F2NO8PS.C12H16N2O.C11H18F2N2O.CH2O/c1-4-5-20(27)36-11-10-32-35(30,33-14-31-22(29)34-15(2)3)23(24,25)19-9-8-16-6-7-17(21(26)28)12-18(16)13-19;1-14-8-10(7-12(14)3-4-12)9-2-5-13-11(15)6-9;12-10(13)8-14-5-2-4-11(16)15-6-1-3-9(15)7-14;1-2/h6-9,12-13,15H,4-5,10-11,14H2,1-3H3,(H2,26,28);2,5-6,10H,3-4,7-8H2,1H3,(H,13,15);9-10H,1-8H2;1H2/t;;9-;/m..1./s1. The van der Waals surface area contributed by atoms with Gasteiger partial charge in [-0.1, -0.05) is 36.9 Å². The maximum atomic E-state index is 15.6. The maximum absolute atomic E-state index is 15.6. The highest BCUT2D eigenvalue weighted by atomic mass is 32.2. The molecule has 7 rings (SSSR count). The molecule has 1 saturated carbocycles. The van der Waals surface area contributed by atoms with Crippen LogP contribution in [0.5, 0.6) is 0 Å². The van der Waals surface area contributed by atoms with Crippen molar-refractivity contribution >= 4 is 60.0 Å². The van der Waals surface area contributed by atoms with Crippen LogP contribution >= 0.6 is 19.4 Å². The number of thioether (sulfide) groups is 1. The summed E-state index contributed by atoms with van der Waals surface area (Å²) in [5.74, 6) is -0.0240. The molecule has 16 nitrogen and oxygen atoms in total. The Morgan fingerprint density at radius 3 is 2.36 bits per heavy atom. The van der Waals surface area contributed by atoms with E-state index in [-0.39, 0.29) is 45.9 Å². The van der Waals surface area contributed by atoms with Crippen molar-refractivity contribution in [2.45, 2.75) is 114 Å². The van der Waals surface area contributed by atoms with E-state index in [9.17, 15) is 37.3 Å². The van der Waals surface area contributed by atoms with Gasteiger partial charge in [0.1, 0.15) is 6.79 Å². The smallest absolute Gasteiger partial charge is 0.432 e. The number of nitrogens with one attached hydrogen (secondary N) is 1. The number of pyridine rings is 1. The highest BCUT2D eigenvalue weighted by molar-refractivity contribution is 8.13. The molecule has 3 aliphatic heterocycles. The minimum Gasteiger partial charge on any atom is -0.432 e.